The van der Waals surface area contributed by atoms with Gasteiger partial charge in [-0.25, -0.2) is 0 Å². The molecular formula is C9H11ClO2. The van der Waals surface area contributed by atoms with E-state index in [9.17, 15) is 0 Å². The number of carbonyl (C=O) groups is 1. The summed E-state index contributed by atoms with van der Waals surface area (Å²) >= 11 is 5.71. The molecule has 0 aliphatic carbocycles. The van der Waals surface area contributed by atoms with Crippen LogP contribution in [0.1, 0.15) is 12.5 Å². The van der Waals surface area contributed by atoms with Crippen LogP contribution < -0.4 is 0 Å². The fourth-order valence-electron chi connectivity index (χ4n) is 0.551. The molecule has 0 aliphatic rings. The van der Waals surface area contributed by atoms with Gasteiger partial charge in [-0.2, -0.15) is 0 Å². The van der Waals surface area contributed by atoms with Crippen LogP contribution in [0.4, 0.5) is 0 Å². The van der Waals surface area contributed by atoms with E-state index in [2.05, 4.69) is 0 Å². The van der Waals surface area contributed by atoms with E-state index in [0.29, 0.717) is 0 Å². The van der Waals surface area contributed by atoms with Crippen molar-refractivity contribution in [3.05, 3.63) is 34.9 Å². The normalized spacial score (nSPS) is 8.25. The van der Waals surface area contributed by atoms with Gasteiger partial charge in [-0.15, -0.1) is 0 Å². The predicted octanol–water partition coefficient (Wildman–Crippen LogP) is 2.74. The Labute approximate surface area is 76.8 Å². The highest BCUT2D eigenvalue weighted by atomic mass is 35.5. The average Bonchev–Trinajstić information content (AvgIpc) is 1.94. The number of benzene rings is 1. The molecule has 2 nitrogen and oxygen atoms in total. The van der Waals surface area contributed by atoms with Crippen LogP contribution in [0.15, 0.2) is 24.3 Å². The third-order valence-electron chi connectivity index (χ3n) is 1.08. The molecule has 0 amide bonds. The highest BCUT2D eigenvalue weighted by Gasteiger charge is 1.86. The Balaban J connectivity index is 0.000000261. The van der Waals surface area contributed by atoms with E-state index in [-0.39, 0.29) is 0 Å². The molecule has 0 fully saturated rings. The first-order valence-electron chi connectivity index (χ1n) is 3.44. The Kier molecular flexibility index (Phi) is 5.13. The lowest BCUT2D eigenvalue weighted by Crippen LogP contribution is -1.78. The van der Waals surface area contributed by atoms with Crippen molar-refractivity contribution in [2.75, 3.05) is 0 Å². The highest BCUT2D eigenvalue weighted by molar-refractivity contribution is 6.31. The molecule has 0 bridgehead atoms. The zero-order valence-electron chi connectivity index (χ0n) is 7.04. The molecule has 0 spiro atoms. The second-order valence-electron chi connectivity index (χ2n) is 2.27. The lowest BCUT2D eigenvalue weighted by atomic mass is 10.2. The summed E-state index contributed by atoms with van der Waals surface area (Å²) in [5, 5.41) is 8.26. The van der Waals surface area contributed by atoms with E-state index in [1.165, 1.54) is 0 Å². The van der Waals surface area contributed by atoms with Crippen LogP contribution in [0.25, 0.3) is 0 Å². The third kappa shape index (κ3) is 5.74. The monoisotopic (exact) mass is 186 g/mol. The minimum absolute atomic E-state index is 0.833. The van der Waals surface area contributed by atoms with Crippen LogP contribution in [0, 0.1) is 6.92 Å². The zero-order chi connectivity index (χ0) is 9.56. The number of hydrogen-bond acceptors (Lipinski definition) is 1. The number of rotatable bonds is 0. The topological polar surface area (TPSA) is 37.3 Å². The molecule has 1 aromatic rings. The summed E-state index contributed by atoms with van der Waals surface area (Å²) in [5.41, 5.74) is 1.13. The Morgan fingerprint density at radius 3 is 2.08 bits per heavy atom. The molecule has 1 N–H and O–H groups in total. The van der Waals surface area contributed by atoms with Crippen molar-refractivity contribution in [2.45, 2.75) is 13.8 Å². The van der Waals surface area contributed by atoms with Crippen LogP contribution in [-0.4, -0.2) is 11.1 Å². The van der Waals surface area contributed by atoms with Crippen molar-refractivity contribution in [3.63, 3.8) is 0 Å². The van der Waals surface area contributed by atoms with Crippen LogP contribution in [-0.2, 0) is 4.79 Å². The summed E-state index contributed by atoms with van der Waals surface area (Å²) in [4.78, 5) is 9.00. The van der Waals surface area contributed by atoms with Crippen LogP contribution in [0.5, 0.6) is 0 Å². The maximum atomic E-state index is 9.00. The van der Waals surface area contributed by atoms with Gasteiger partial charge in [-0.05, 0) is 18.6 Å². The van der Waals surface area contributed by atoms with Gasteiger partial charge >= 0.3 is 0 Å². The number of aliphatic carboxylic acids is 1. The van der Waals surface area contributed by atoms with E-state index in [4.69, 9.17) is 21.5 Å². The lowest BCUT2D eigenvalue weighted by molar-refractivity contribution is -0.134. The Morgan fingerprint density at radius 2 is 1.83 bits per heavy atom. The fourth-order valence-corrected chi connectivity index (χ4v) is 0.687. The summed E-state index contributed by atoms with van der Waals surface area (Å²) in [7, 11) is 0. The molecule has 0 unspecified atom stereocenters. The molecule has 0 aliphatic heterocycles. The number of halogens is 1. The van der Waals surface area contributed by atoms with Crippen molar-refractivity contribution in [1.29, 1.82) is 0 Å². The van der Waals surface area contributed by atoms with Gasteiger partial charge in [0, 0.05) is 11.9 Å². The smallest absolute Gasteiger partial charge is 0.300 e. The molecule has 0 saturated carbocycles. The van der Waals surface area contributed by atoms with Crippen molar-refractivity contribution in [1.82, 2.24) is 0 Å². The van der Waals surface area contributed by atoms with Gasteiger partial charge in [-0.3, -0.25) is 4.79 Å². The molecule has 66 valence electrons. The summed E-state index contributed by atoms with van der Waals surface area (Å²) in [6.45, 7) is 3.07. The summed E-state index contributed by atoms with van der Waals surface area (Å²) in [6, 6.07) is 7.77. The Hall–Kier alpha value is -1.02. The van der Waals surface area contributed by atoms with Gasteiger partial charge in [0.15, 0.2) is 0 Å². The van der Waals surface area contributed by atoms with Gasteiger partial charge in [0.1, 0.15) is 0 Å². The summed E-state index contributed by atoms with van der Waals surface area (Å²) in [6.07, 6.45) is 0. The van der Waals surface area contributed by atoms with Gasteiger partial charge in [0.25, 0.3) is 5.97 Å². The highest BCUT2D eigenvalue weighted by Crippen LogP contribution is 2.11. The SMILES string of the molecule is CC(=O)O.Cc1ccccc1Cl. The van der Waals surface area contributed by atoms with E-state index in [0.717, 1.165) is 17.5 Å². The standard InChI is InChI=1S/C7H7Cl.C2H4O2/c1-6-4-2-3-5-7(6)8;1-2(3)4/h2-5H,1H3;1H3,(H,3,4). The average molecular weight is 187 g/mol. The van der Waals surface area contributed by atoms with Crippen molar-refractivity contribution in [2.24, 2.45) is 0 Å². The maximum absolute atomic E-state index is 9.00. The minimum Gasteiger partial charge on any atom is -0.481 e. The van der Waals surface area contributed by atoms with Gasteiger partial charge in [-0.1, -0.05) is 29.8 Å². The Morgan fingerprint density at radius 1 is 1.42 bits per heavy atom. The van der Waals surface area contributed by atoms with E-state index < -0.39 is 5.97 Å². The first kappa shape index (κ1) is 11.0. The molecule has 0 radical (unpaired) electrons. The van der Waals surface area contributed by atoms with Crippen molar-refractivity contribution in [3.8, 4) is 0 Å². The van der Waals surface area contributed by atoms with E-state index in [1.807, 2.05) is 31.2 Å². The quantitative estimate of drug-likeness (QED) is 0.677. The second kappa shape index (κ2) is 5.61. The van der Waals surface area contributed by atoms with Crippen LogP contribution in [0.2, 0.25) is 5.02 Å². The van der Waals surface area contributed by atoms with Crippen molar-refractivity contribution >= 4 is 17.6 Å². The summed E-state index contributed by atoms with van der Waals surface area (Å²) in [5.74, 6) is -0.833. The van der Waals surface area contributed by atoms with E-state index >= 15 is 0 Å². The molecule has 0 atom stereocenters. The number of hydrogen-bond donors (Lipinski definition) is 1. The molecule has 3 heteroatoms. The molecule has 1 rings (SSSR count). The van der Waals surface area contributed by atoms with Gasteiger partial charge in [0.2, 0.25) is 0 Å². The summed E-state index contributed by atoms with van der Waals surface area (Å²) < 4.78 is 0. The molecule has 0 aromatic heterocycles. The third-order valence-corrected chi connectivity index (χ3v) is 1.50. The molecular weight excluding hydrogens is 176 g/mol. The lowest BCUT2D eigenvalue weighted by Gasteiger charge is -1.90. The molecule has 12 heavy (non-hydrogen) atoms. The molecule has 1 aromatic carbocycles. The first-order valence-corrected chi connectivity index (χ1v) is 3.82. The van der Waals surface area contributed by atoms with Gasteiger partial charge < -0.3 is 5.11 Å². The van der Waals surface area contributed by atoms with E-state index in [1.54, 1.807) is 0 Å². The fraction of sp³-hybridized carbons (Fsp3) is 0.222. The molecule has 0 heterocycles. The number of aryl methyl sites for hydroxylation is 1. The van der Waals surface area contributed by atoms with Crippen LogP contribution in [0.3, 0.4) is 0 Å². The second-order valence-corrected chi connectivity index (χ2v) is 2.68. The van der Waals surface area contributed by atoms with Crippen LogP contribution >= 0.6 is 11.6 Å². The largest absolute Gasteiger partial charge is 0.481 e. The predicted molar refractivity (Wildman–Crippen MR) is 49.5 cm³/mol. The number of carboxylic acid groups (broad SMARTS) is 1. The van der Waals surface area contributed by atoms with Gasteiger partial charge in [0.05, 0.1) is 0 Å². The minimum atomic E-state index is -0.833. The molecule has 0 saturated heterocycles. The maximum Gasteiger partial charge on any atom is 0.300 e. The Bertz CT molecular complexity index is 233. The number of carboxylic acids is 1. The van der Waals surface area contributed by atoms with Crippen molar-refractivity contribution < 1.29 is 9.90 Å². The zero-order valence-corrected chi connectivity index (χ0v) is 7.80. The first-order chi connectivity index (χ1) is 5.54.